The fourth-order valence-electron chi connectivity index (χ4n) is 1.04. The number of benzene rings is 1. The Balaban J connectivity index is 2.13. The molecule has 0 bridgehead atoms. The van der Waals surface area contributed by atoms with Crippen molar-refractivity contribution in [2.75, 3.05) is 12.3 Å². The van der Waals surface area contributed by atoms with Crippen molar-refractivity contribution >= 4 is 27.9 Å². The molecule has 2 N–H and O–H groups in total. The van der Waals surface area contributed by atoms with Gasteiger partial charge < -0.3 is 10.2 Å². The van der Waals surface area contributed by atoms with Gasteiger partial charge in [0.15, 0.2) is 11.5 Å². The number of hydrogen-bond acceptors (Lipinski definition) is 5. The molecule has 1 heterocycles. The van der Waals surface area contributed by atoms with Crippen molar-refractivity contribution in [1.29, 1.82) is 0 Å². The van der Waals surface area contributed by atoms with Gasteiger partial charge in [0.05, 0.1) is 6.54 Å². The maximum absolute atomic E-state index is 9.26. The number of aromatic hydroxyl groups is 2. The summed E-state index contributed by atoms with van der Waals surface area (Å²) < 4.78 is 1.02. The average Bonchev–Trinajstić information content (AvgIpc) is 2.64. The van der Waals surface area contributed by atoms with Gasteiger partial charge in [0.2, 0.25) is 0 Å². The number of nitrogens with zero attached hydrogens (tertiary/aromatic N) is 1. The fraction of sp³-hybridized carbons (Fsp3) is 0.222. The van der Waals surface area contributed by atoms with E-state index in [9.17, 15) is 5.11 Å². The number of thioether (sulfide) groups is 2. The minimum Gasteiger partial charge on any atom is -0.504 e. The molecule has 1 aliphatic heterocycles. The van der Waals surface area contributed by atoms with Gasteiger partial charge in [0.25, 0.3) is 0 Å². The van der Waals surface area contributed by atoms with Gasteiger partial charge in [-0.05, 0) is 18.2 Å². The molecule has 74 valence electrons. The minimum atomic E-state index is -0.0876. The monoisotopic (exact) mass is 227 g/mol. The second-order valence-electron chi connectivity index (χ2n) is 2.75. The molecule has 0 unspecified atom stereocenters. The molecule has 0 amide bonds. The predicted molar refractivity (Wildman–Crippen MR) is 60.4 cm³/mol. The second-order valence-corrected chi connectivity index (χ2v) is 5.15. The number of hydrogen-bond donors (Lipinski definition) is 2. The Labute approximate surface area is 90.3 Å². The smallest absolute Gasteiger partial charge is 0.158 e. The van der Waals surface area contributed by atoms with Crippen LogP contribution in [0.5, 0.6) is 11.5 Å². The van der Waals surface area contributed by atoms with E-state index >= 15 is 0 Å². The van der Waals surface area contributed by atoms with Crippen LogP contribution in [0.25, 0.3) is 0 Å². The number of aliphatic imine (C=N–C) groups is 1. The largest absolute Gasteiger partial charge is 0.504 e. The summed E-state index contributed by atoms with van der Waals surface area (Å²) in [5.41, 5.74) is 0. The molecule has 0 radical (unpaired) electrons. The van der Waals surface area contributed by atoms with Crippen molar-refractivity contribution in [3.63, 3.8) is 0 Å². The Bertz CT molecular complexity index is 379. The van der Waals surface area contributed by atoms with Gasteiger partial charge in [0.1, 0.15) is 4.38 Å². The predicted octanol–water partition coefficient (Wildman–Crippen LogP) is 2.29. The first-order valence-corrected chi connectivity index (χ1v) is 5.93. The zero-order valence-corrected chi connectivity index (χ0v) is 8.94. The SMILES string of the molecule is Oc1ccc(SC2=NCCS2)cc1O. The van der Waals surface area contributed by atoms with Crippen molar-refractivity contribution in [2.24, 2.45) is 4.99 Å². The molecular formula is C9H9NO2S2. The van der Waals surface area contributed by atoms with Gasteiger partial charge in [-0.3, -0.25) is 4.99 Å². The molecule has 5 heteroatoms. The Morgan fingerprint density at radius 2 is 2.14 bits per heavy atom. The lowest BCUT2D eigenvalue weighted by molar-refractivity contribution is 0.402. The van der Waals surface area contributed by atoms with Crippen molar-refractivity contribution in [3.05, 3.63) is 18.2 Å². The van der Waals surface area contributed by atoms with E-state index in [1.165, 1.54) is 17.8 Å². The van der Waals surface area contributed by atoms with E-state index in [2.05, 4.69) is 4.99 Å². The first-order chi connectivity index (χ1) is 6.75. The highest BCUT2D eigenvalue weighted by Gasteiger charge is 2.09. The summed E-state index contributed by atoms with van der Waals surface area (Å²) in [7, 11) is 0. The highest BCUT2D eigenvalue weighted by atomic mass is 32.2. The van der Waals surface area contributed by atoms with Crippen molar-refractivity contribution in [3.8, 4) is 11.5 Å². The molecule has 14 heavy (non-hydrogen) atoms. The molecule has 0 aromatic heterocycles. The standard InChI is InChI=1S/C9H9NO2S2/c11-7-2-1-6(5-8(7)12)14-9-10-3-4-13-9/h1-2,5,11-12H,3-4H2. The van der Waals surface area contributed by atoms with E-state index in [1.54, 1.807) is 23.9 Å². The minimum absolute atomic E-state index is 0.0846. The Morgan fingerprint density at radius 3 is 2.79 bits per heavy atom. The lowest BCUT2D eigenvalue weighted by Gasteiger charge is -2.02. The van der Waals surface area contributed by atoms with Crippen LogP contribution in [0, 0.1) is 0 Å². The summed E-state index contributed by atoms with van der Waals surface area (Å²) in [4.78, 5) is 5.18. The molecule has 0 fully saturated rings. The van der Waals surface area contributed by atoms with Gasteiger partial charge in [-0.15, -0.1) is 0 Å². The van der Waals surface area contributed by atoms with E-state index in [-0.39, 0.29) is 11.5 Å². The highest BCUT2D eigenvalue weighted by Crippen LogP contribution is 2.34. The summed E-state index contributed by atoms with van der Waals surface area (Å²) in [5.74, 6) is 0.862. The molecule has 1 aliphatic rings. The summed E-state index contributed by atoms with van der Waals surface area (Å²) in [6.07, 6.45) is 0. The maximum atomic E-state index is 9.26. The quantitative estimate of drug-likeness (QED) is 0.723. The van der Waals surface area contributed by atoms with Gasteiger partial charge in [-0.2, -0.15) is 0 Å². The first-order valence-electron chi connectivity index (χ1n) is 4.13. The van der Waals surface area contributed by atoms with E-state index in [1.807, 2.05) is 0 Å². The van der Waals surface area contributed by atoms with E-state index in [0.29, 0.717) is 0 Å². The normalized spacial score (nSPS) is 15.6. The van der Waals surface area contributed by atoms with Crippen LogP contribution >= 0.6 is 23.5 Å². The lowest BCUT2D eigenvalue weighted by Crippen LogP contribution is -1.80. The molecule has 0 atom stereocenters. The molecule has 0 aliphatic carbocycles. The van der Waals surface area contributed by atoms with E-state index in [4.69, 9.17) is 5.11 Å². The fourth-order valence-corrected chi connectivity index (χ4v) is 3.02. The van der Waals surface area contributed by atoms with Crippen LogP contribution in [-0.2, 0) is 0 Å². The van der Waals surface area contributed by atoms with Gasteiger partial charge >= 0.3 is 0 Å². The molecule has 0 saturated heterocycles. The van der Waals surface area contributed by atoms with Crippen molar-refractivity contribution < 1.29 is 10.2 Å². The number of rotatable bonds is 1. The number of phenols is 2. The van der Waals surface area contributed by atoms with Crippen molar-refractivity contribution in [2.45, 2.75) is 4.90 Å². The molecule has 2 rings (SSSR count). The summed E-state index contributed by atoms with van der Waals surface area (Å²) >= 11 is 3.23. The Hall–Kier alpha value is -0.810. The van der Waals surface area contributed by atoms with E-state index in [0.717, 1.165) is 21.6 Å². The maximum Gasteiger partial charge on any atom is 0.158 e. The van der Waals surface area contributed by atoms with Crippen LogP contribution in [0.2, 0.25) is 0 Å². The van der Waals surface area contributed by atoms with Crippen LogP contribution < -0.4 is 0 Å². The van der Waals surface area contributed by atoms with Gasteiger partial charge in [0, 0.05) is 10.6 Å². The first kappa shape index (κ1) is 9.73. The van der Waals surface area contributed by atoms with Crippen LogP contribution in [0.4, 0.5) is 0 Å². The van der Waals surface area contributed by atoms with Gasteiger partial charge in [-0.1, -0.05) is 23.5 Å². The van der Waals surface area contributed by atoms with E-state index < -0.39 is 0 Å². The van der Waals surface area contributed by atoms with Gasteiger partial charge in [-0.25, -0.2) is 0 Å². The molecule has 1 aromatic carbocycles. The molecular weight excluding hydrogens is 218 g/mol. The highest BCUT2D eigenvalue weighted by molar-refractivity contribution is 8.39. The summed E-state index contributed by atoms with van der Waals surface area (Å²) in [6.45, 7) is 0.872. The molecule has 0 saturated carbocycles. The third-order valence-corrected chi connectivity index (χ3v) is 3.87. The third kappa shape index (κ3) is 2.16. The summed E-state index contributed by atoms with van der Waals surface area (Å²) in [6, 6.07) is 4.79. The van der Waals surface area contributed by atoms with Crippen LogP contribution in [0.1, 0.15) is 0 Å². The third-order valence-electron chi connectivity index (χ3n) is 1.71. The molecule has 0 spiro atoms. The van der Waals surface area contributed by atoms with Crippen LogP contribution in [0.3, 0.4) is 0 Å². The molecule has 3 nitrogen and oxygen atoms in total. The summed E-state index contributed by atoms with van der Waals surface area (Å²) in [5, 5.41) is 18.4. The lowest BCUT2D eigenvalue weighted by atomic mass is 10.3. The zero-order chi connectivity index (χ0) is 9.97. The zero-order valence-electron chi connectivity index (χ0n) is 7.30. The second kappa shape index (κ2) is 4.14. The molecule has 1 aromatic rings. The number of phenolic OH excluding ortho intramolecular Hbond substituents is 2. The Morgan fingerprint density at radius 1 is 1.29 bits per heavy atom. The average molecular weight is 227 g/mol. The van der Waals surface area contributed by atoms with Crippen LogP contribution in [0.15, 0.2) is 28.1 Å². The van der Waals surface area contributed by atoms with Crippen LogP contribution in [-0.4, -0.2) is 26.9 Å². The van der Waals surface area contributed by atoms with Crippen molar-refractivity contribution in [1.82, 2.24) is 0 Å². The topological polar surface area (TPSA) is 52.8 Å². The Kier molecular flexibility index (Phi) is 2.88.